The molecule has 12 rings (SSSR count). The van der Waals surface area contributed by atoms with E-state index in [0.717, 1.165) is 49.6 Å². The number of hydrogen-bond acceptors (Lipinski definition) is 5. The van der Waals surface area contributed by atoms with E-state index < -0.39 is 0 Å². The van der Waals surface area contributed by atoms with Crippen molar-refractivity contribution < 1.29 is 0 Å². The third-order valence-electron chi connectivity index (χ3n) is 10.4. The van der Waals surface area contributed by atoms with Crippen LogP contribution < -0.4 is 0 Å². The Kier molecular flexibility index (Phi) is 5.50. The van der Waals surface area contributed by atoms with Gasteiger partial charge >= 0.3 is 0 Å². The Hall–Kier alpha value is -6.21. The lowest BCUT2D eigenvalue weighted by molar-refractivity contribution is 1.24. The summed E-state index contributed by atoms with van der Waals surface area (Å²) in [6, 6.07) is 52.0. The molecule has 4 nitrogen and oxygen atoms in total. The fourth-order valence-electron chi connectivity index (χ4n) is 8.13. The summed E-state index contributed by atoms with van der Waals surface area (Å²) in [7, 11) is 0. The number of hydrogen-bond donors (Lipinski definition) is 0. The van der Waals surface area contributed by atoms with Crippen molar-refractivity contribution >= 4 is 102 Å². The number of nitrogens with zero attached hydrogens (tertiary/aromatic N) is 4. The molecule has 0 saturated heterocycles. The molecule has 236 valence electrons. The van der Waals surface area contributed by atoms with Crippen molar-refractivity contribution in [2.24, 2.45) is 0 Å². The Labute approximate surface area is 298 Å². The van der Waals surface area contributed by atoms with Gasteiger partial charge in [-0.3, -0.25) is 0 Å². The summed E-state index contributed by atoms with van der Waals surface area (Å²) in [5.74, 6) is 0.748. The maximum absolute atomic E-state index is 5.39. The van der Waals surface area contributed by atoms with Crippen LogP contribution in [0.1, 0.15) is 0 Å². The van der Waals surface area contributed by atoms with Crippen molar-refractivity contribution in [3.63, 3.8) is 0 Å². The Balaban J connectivity index is 1.14. The molecule has 7 aromatic carbocycles. The molecule has 0 spiro atoms. The van der Waals surface area contributed by atoms with Gasteiger partial charge in [0.1, 0.15) is 5.01 Å². The first-order chi connectivity index (χ1) is 25.3. The van der Waals surface area contributed by atoms with E-state index in [4.69, 9.17) is 15.0 Å². The van der Waals surface area contributed by atoms with Crippen molar-refractivity contribution in [1.29, 1.82) is 0 Å². The van der Waals surface area contributed by atoms with Crippen LogP contribution in [-0.4, -0.2) is 19.4 Å². The van der Waals surface area contributed by atoms with E-state index >= 15 is 0 Å². The van der Waals surface area contributed by atoms with Gasteiger partial charge in [0.15, 0.2) is 5.82 Å². The maximum Gasteiger partial charge on any atom is 0.161 e. The van der Waals surface area contributed by atoms with Crippen LogP contribution in [0.15, 0.2) is 146 Å². The first kappa shape index (κ1) is 27.6. The Bertz CT molecular complexity index is 3370. The summed E-state index contributed by atoms with van der Waals surface area (Å²) in [5.41, 5.74) is 9.86. The summed E-state index contributed by atoms with van der Waals surface area (Å²) >= 11 is 3.60. The molecule has 0 aliphatic rings. The second kappa shape index (κ2) is 10.2. The van der Waals surface area contributed by atoms with E-state index in [1.54, 1.807) is 11.3 Å². The summed E-state index contributed by atoms with van der Waals surface area (Å²) in [6.45, 7) is 0. The smallest absolute Gasteiger partial charge is 0.161 e. The molecular weight excluding hydrogens is 661 g/mol. The van der Waals surface area contributed by atoms with Crippen LogP contribution in [0.3, 0.4) is 0 Å². The topological polar surface area (TPSA) is 43.1 Å². The predicted molar refractivity (Wildman–Crippen MR) is 217 cm³/mol. The van der Waals surface area contributed by atoms with Gasteiger partial charge in [0, 0.05) is 63.8 Å². The van der Waals surface area contributed by atoms with Crippen LogP contribution in [0.4, 0.5) is 0 Å². The Morgan fingerprint density at radius 1 is 0.451 bits per heavy atom. The largest absolute Gasteiger partial charge is 0.308 e. The van der Waals surface area contributed by atoms with Gasteiger partial charge in [-0.15, -0.1) is 22.7 Å². The molecular formula is C45H24N4S2. The molecule has 6 heteroatoms. The molecule has 0 unspecified atom stereocenters. The summed E-state index contributed by atoms with van der Waals surface area (Å²) in [5, 5.41) is 9.56. The Morgan fingerprint density at radius 3 is 2.14 bits per heavy atom. The molecule has 5 heterocycles. The third-order valence-corrected chi connectivity index (χ3v) is 12.7. The minimum atomic E-state index is 0.748. The minimum Gasteiger partial charge on any atom is -0.308 e. The number of thiophene rings is 1. The molecule has 0 radical (unpaired) electrons. The van der Waals surface area contributed by atoms with Crippen LogP contribution in [0, 0.1) is 0 Å². The average molecular weight is 685 g/mol. The number of fused-ring (bicyclic) bond motifs is 12. The number of thiazole rings is 1. The van der Waals surface area contributed by atoms with E-state index in [1.807, 2.05) is 11.3 Å². The number of benzene rings is 7. The fraction of sp³-hybridized carbons (Fsp3) is 0. The third kappa shape index (κ3) is 3.80. The number of rotatable bonds is 3. The zero-order valence-electron chi connectivity index (χ0n) is 27.0. The van der Waals surface area contributed by atoms with Gasteiger partial charge in [-0.1, -0.05) is 103 Å². The molecule has 0 amide bonds. The predicted octanol–water partition coefficient (Wildman–Crippen LogP) is 12.8. The zero-order chi connectivity index (χ0) is 33.2. The summed E-state index contributed by atoms with van der Waals surface area (Å²) in [4.78, 5) is 15.8. The molecule has 12 aromatic rings. The number of para-hydroxylation sites is 2. The molecule has 0 N–H and O–H groups in total. The summed E-state index contributed by atoms with van der Waals surface area (Å²) < 4.78 is 6.17. The van der Waals surface area contributed by atoms with Gasteiger partial charge < -0.3 is 4.40 Å². The monoisotopic (exact) mass is 684 g/mol. The van der Waals surface area contributed by atoms with Gasteiger partial charge in [0.2, 0.25) is 0 Å². The molecule has 0 saturated carbocycles. The highest BCUT2D eigenvalue weighted by Gasteiger charge is 2.23. The molecule has 5 aromatic heterocycles. The molecule has 0 aliphatic carbocycles. The van der Waals surface area contributed by atoms with Gasteiger partial charge in [-0.25, -0.2) is 15.0 Å². The van der Waals surface area contributed by atoms with E-state index in [2.05, 4.69) is 150 Å². The van der Waals surface area contributed by atoms with E-state index in [-0.39, 0.29) is 0 Å². The van der Waals surface area contributed by atoms with Crippen molar-refractivity contribution in [2.75, 3.05) is 0 Å². The first-order valence-corrected chi connectivity index (χ1v) is 18.7. The van der Waals surface area contributed by atoms with Crippen LogP contribution in [0.5, 0.6) is 0 Å². The quantitative estimate of drug-likeness (QED) is 0.186. The molecule has 0 aliphatic heterocycles. The van der Waals surface area contributed by atoms with E-state index in [9.17, 15) is 0 Å². The zero-order valence-corrected chi connectivity index (χ0v) is 28.6. The van der Waals surface area contributed by atoms with Crippen molar-refractivity contribution in [2.45, 2.75) is 0 Å². The summed E-state index contributed by atoms with van der Waals surface area (Å²) in [6.07, 6.45) is 0. The van der Waals surface area contributed by atoms with E-state index in [1.165, 1.54) is 63.0 Å². The van der Waals surface area contributed by atoms with Crippen LogP contribution >= 0.6 is 22.7 Å². The highest BCUT2D eigenvalue weighted by atomic mass is 32.1. The number of aromatic nitrogens is 4. The molecule has 51 heavy (non-hydrogen) atoms. The lowest BCUT2D eigenvalue weighted by Crippen LogP contribution is -1.95. The molecule has 0 bridgehead atoms. The van der Waals surface area contributed by atoms with Crippen molar-refractivity contribution in [1.82, 2.24) is 19.4 Å². The van der Waals surface area contributed by atoms with Gasteiger partial charge in [-0.2, -0.15) is 0 Å². The Morgan fingerprint density at radius 2 is 1.22 bits per heavy atom. The SMILES string of the molecule is c1ccc(-c2nc3cc4c5cc(-c6nc(-c7cccc8c7sc7ccccc78)nc7ccccc67)ccc5n5c6ccccc6c(c3s2)c45)cc1. The normalized spacial score (nSPS) is 12.3. The van der Waals surface area contributed by atoms with Gasteiger partial charge in [0.25, 0.3) is 0 Å². The van der Waals surface area contributed by atoms with E-state index in [0.29, 0.717) is 0 Å². The highest BCUT2D eigenvalue weighted by molar-refractivity contribution is 7.26. The lowest BCUT2D eigenvalue weighted by atomic mass is 10.0. The van der Waals surface area contributed by atoms with Crippen LogP contribution in [0.25, 0.3) is 113 Å². The second-order valence-corrected chi connectivity index (χ2v) is 15.2. The van der Waals surface area contributed by atoms with Crippen LogP contribution in [-0.2, 0) is 0 Å². The van der Waals surface area contributed by atoms with Crippen LogP contribution in [0.2, 0.25) is 0 Å². The first-order valence-electron chi connectivity index (χ1n) is 17.0. The highest BCUT2D eigenvalue weighted by Crippen LogP contribution is 2.47. The van der Waals surface area contributed by atoms with Crippen molar-refractivity contribution in [3.8, 4) is 33.2 Å². The molecule has 0 fully saturated rings. The lowest BCUT2D eigenvalue weighted by Gasteiger charge is -2.10. The van der Waals surface area contributed by atoms with Gasteiger partial charge in [0.05, 0.1) is 38.0 Å². The average Bonchev–Trinajstić information content (AvgIpc) is 3.95. The molecule has 0 atom stereocenters. The second-order valence-electron chi connectivity index (χ2n) is 13.2. The van der Waals surface area contributed by atoms with Gasteiger partial charge in [-0.05, 0) is 42.5 Å². The standard InChI is InChI=1S/C45H24N4S2/c1-2-11-25(12-3-1)45-47-35-24-33-32-23-26(21-22-37(32)49-36-19-8-5-15-30(36)39(41(33)49)43(35)51-45)40-29-14-4-7-18-34(29)46-44(48-40)31-17-10-16-28-27-13-6-9-20-38(27)50-42(28)31/h1-24H. The minimum absolute atomic E-state index is 0.748. The maximum atomic E-state index is 5.39. The van der Waals surface area contributed by atoms with Crippen molar-refractivity contribution in [3.05, 3.63) is 146 Å². The fourth-order valence-corrected chi connectivity index (χ4v) is 10.5.